The van der Waals surface area contributed by atoms with Gasteiger partial charge in [-0.25, -0.2) is 0 Å². The number of carbonyl (C=O) groups excluding carboxylic acids is 1. The van der Waals surface area contributed by atoms with Gasteiger partial charge in [0.25, 0.3) is 0 Å². The number of hydrogen-bond acceptors (Lipinski definition) is 4. The lowest BCUT2D eigenvalue weighted by Crippen LogP contribution is -2.28. The van der Waals surface area contributed by atoms with Gasteiger partial charge in [0, 0.05) is 19.2 Å². The lowest BCUT2D eigenvalue weighted by atomic mass is 10.1. The molecule has 1 amide bonds. The van der Waals surface area contributed by atoms with Crippen LogP contribution < -0.4 is 10.1 Å². The number of likely N-dealkylation sites (tertiary alicyclic amines) is 1. The second-order valence-corrected chi connectivity index (χ2v) is 6.18. The first-order valence-electron chi connectivity index (χ1n) is 8.94. The van der Waals surface area contributed by atoms with E-state index in [4.69, 9.17) is 4.74 Å². The van der Waals surface area contributed by atoms with Gasteiger partial charge in [0.05, 0.1) is 24.0 Å². The first kappa shape index (κ1) is 17.4. The zero-order valence-corrected chi connectivity index (χ0v) is 14.6. The van der Waals surface area contributed by atoms with Crippen LogP contribution in [0.2, 0.25) is 0 Å². The number of hydrogen-bond donors (Lipinski definition) is 1. The molecule has 1 aromatic carbocycles. The number of amides is 1. The Labute approximate surface area is 149 Å². The molecular formula is C20H25N3O2. The molecule has 0 radical (unpaired) electrons. The number of ether oxygens (including phenoxy) is 1. The number of carbonyl (C=O) groups is 1. The van der Waals surface area contributed by atoms with E-state index < -0.39 is 0 Å². The quantitative estimate of drug-likeness (QED) is 0.837. The molecule has 0 spiro atoms. The lowest BCUT2D eigenvalue weighted by molar-refractivity contribution is -0.116. The maximum Gasteiger partial charge on any atom is 0.225 e. The molecule has 5 heteroatoms. The monoisotopic (exact) mass is 339 g/mol. The van der Waals surface area contributed by atoms with Crippen LogP contribution in [0.4, 0.5) is 5.69 Å². The van der Waals surface area contributed by atoms with Crippen molar-refractivity contribution in [1.82, 2.24) is 9.88 Å². The van der Waals surface area contributed by atoms with Gasteiger partial charge in [-0.2, -0.15) is 0 Å². The van der Waals surface area contributed by atoms with Gasteiger partial charge in [-0.3, -0.25) is 14.7 Å². The van der Waals surface area contributed by atoms with Crippen molar-refractivity contribution in [3.8, 4) is 5.75 Å². The van der Waals surface area contributed by atoms with Crippen LogP contribution in [0.15, 0.2) is 48.7 Å². The van der Waals surface area contributed by atoms with Crippen LogP contribution >= 0.6 is 0 Å². The summed E-state index contributed by atoms with van der Waals surface area (Å²) >= 11 is 0. The summed E-state index contributed by atoms with van der Waals surface area (Å²) in [5.41, 5.74) is 1.83. The van der Waals surface area contributed by atoms with Crippen LogP contribution in [0, 0.1) is 0 Å². The average Bonchev–Trinajstić information content (AvgIpc) is 3.11. The Balaban J connectivity index is 1.55. The predicted molar refractivity (Wildman–Crippen MR) is 98.6 cm³/mol. The molecular weight excluding hydrogens is 314 g/mol. The van der Waals surface area contributed by atoms with Crippen molar-refractivity contribution in [1.29, 1.82) is 0 Å². The Bertz CT molecular complexity index is 690. The second kappa shape index (κ2) is 8.62. The van der Waals surface area contributed by atoms with Gasteiger partial charge in [-0.15, -0.1) is 0 Å². The lowest BCUT2D eigenvalue weighted by Gasteiger charge is -2.23. The molecule has 0 bridgehead atoms. The van der Waals surface area contributed by atoms with Crippen molar-refractivity contribution in [2.75, 3.05) is 25.0 Å². The highest BCUT2D eigenvalue weighted by Gasteiger charge is 2.26. The Morgan fingerprint density at radius 2 is 2.12 bits per heavy atom. The van der Waals surface area contributed by atoms with E-state index in [2.05, 4.69) is 21.3 Å². The minimum atomic E-state index is 0.0128. The normalized spacial score (nSPS) is 17.4. The Kier molecular flexibility index (Phi) is 6.01. The van der Waals surface area contributed by atoms with E-state index >= 15 is 0 Å². The molecule has 132 valence electrons. The molecule has 0 aliphatic carbocycles. The highest BCUT2D eigenvalue weighted by Crippen LogP contribution is 2.30. The molecule has 5 nitrogen and oxygen atoms in total. The fourth-order valence-corrected chi connectivity index (χ4v) is 3.31. The highest BCUT2D eigenvalue weighted by molar-refractivity contribution is 5.92. The summed E-state index contributed by atoms with van der Waals surface area (Å²) in [7, 11) is 0. The zero-order valence-electron chi connectivity index (χ0n) is 14.6. The van der Waals surface area contributed by atoms with Crippen molar-refractivity contribution in [3.63, 3.8) is 0 Å². The van der Waals surface area contributed by atoms with Gasteiger partial charge in [-0.05, 0) is 50.6 Å². The molecule has 25 heavy (non-hydrogen) atoms. The Morgan fingerprint density at radius 3 is 2.92 bits per heavy atom. The standard InChI is InChI=1S/C20H25N3O2/c1-2-25-19-11-4-3-9-17(19)22-20(24)12-15-23-14-7-10-18(23)16-8-5-6-13-21-16/h3-6,8-9,11,13,18H,2,7,10,12,14-15H2,1H3,(H,22,24)/t18-/m0/s1. The molecule has 1 aliphatic heterocycles. The second-order valence-electron chi connectivity index (χ2n) is 6.18. The minimum Gasteiger partial charge on any atom is -0.492 e. The molecule has 1 fully saturated rings. The third kappa shape index (κ3) is 4.57. The number of nitrogens with one attached hydrogen (secondary N) is 1. The van der Waals surface area contributed by atoms with Crippen molar-refractivity contribution in [2.45, 2.75) is 32.2 Å². The largest absolute Gasteiger partial charge is 0.492 e. The Morgan fingerprint density at radius 1 is 1.28 bits per heavy atom. The molecule has 3 rings (SSSR count). The first-order valence-corrected chi connectivity index (χ1v) is 8.94. The number of nitrogens with zero attached hydrogens (tertiary/aromatic N) is 2. The molecule has 2 aromatic rings. The van der Waals surface area contributed by atoms with E-state index in [1.165, 1.54) is 0 Å². The van der Waals surface area contributed by atoms with Crippen LogP contribution in [0.1, 0.15) is 37.9 Å². The number of aromatic nitrogens is 1. The molecule has 1 atom stereocenters. The van der Waals surface area contributed by atoms with E-state index in [-0.39, 0.29) is 5.91 Å². The van der Waals surface area contributed by atoms with Crippen molar-refractivity contribution in [2.24, 2.45) is 0 Å². The average molecular weight is 339 g/mol. The maximum atomic E-state index is 12.4. The number of pyridine rings is 1. The molecule has 1 aliphatic rings. The number of rotatable bonds is 7. The number of para-hydroxylation sites is 2. The Hall–Kier alpha value is -2.40. The third-order valence-corrected chi connectivity index (χ3v) is 4.48. The summed E-state index contributed by atoms with van der Waals surface area (Å²) in [6.45, 7) is 4.27. The fraction of sp³-hybridized carbons (Fsp3) is 0.400. The first-order chi connectivity index (χ1) is 12.3. The zero-order chi connectivity index (χ0) is 17.5. The van der Waals surface area contributed by atoms with Crippen molar-refractivity contribution in [3.05, 3.63) is 54.4 Å². The van der Waals surface area contributed by atoms with Crippen LogP contribution in [0.3, 0.4) is 0 Å². The van der Waals surface area contributed by atoms with E-state index in [0.29, 0.717) is 24.8 Å². The summed E-state index contributed by atoms with van der Waals surface area (Å²) in [5.74, 6) is 0.727. The molecule has 0 saturated carbocycles. The minimum absolute atomic E-state index is 0.0128. The predicted octanol–water partition coefficient (Wildman–Crippen LogP) is 3.65. The van der Waals surface area contributed by atoms with Crippen LogP contribution in [-0.4, -0.2) is 35.5 Å². The highest BCUT2D eigenvalue weighted by atomic mass is 16.5. The smallest absolute Gasteiger partial charge is 0.225 e. The van der Waals surface area contributed by atoms with Crippen molar-refractivity contribution >= 4 is 11.6 Å². The summed E-state index contributed by atoms with van der Waals surface area (Å²) in [5, 5.41) is 2.97. The molecule has 1 N–H and O–H groups in total. The van der Waals surface area contributed by atoms with Crippen molar-refractivity contribution < 1.29 is 9.53 Å². The van der Waals surface area contributed by atoms with Gasteiger partial charge < -0.3 is 10.1 Å². The molecule has 1 saturated heterocycles. The number of benzene rings is 1. The van der Waals surface area contributed by atoms with E-state index in [1.807, 2.05) is 49.5 Å². The molecule has 2 heterocycles. The molecule has 1 aromatic heterocycles. The van der Waals surface area contributed by atoms with E-state index in [1.54, 1.807) is 0 Å². The maximum absolute atomic E-state index is 12.4. The summed E-state index contributed by atoms with van der Waals surface area (Å²) in [6.07, 6.45) is 4.55. The van der Waals surface area contributed by atoms with Crippen LogP contribution in [0.25, 0.3) is 0 Å². The van der Waals surface area contributed by atoms with Gasteiger partial charge in [0.2, 0.25) is 5.91 Å². The van der Waals surface area contributed by atoms with Gasteiger partial charge in [-0.1, -0.05) is 18.2 Å². The van der Waals surface area contributed by atoms with Gasteiger partial charge in [0.1, 0.15) is 5.75 Å². The fourth-order valence-electron chi connectivity index (χ4n) is 3.31. The topological polar surface area (TPSA) is 54.5 Å². The van der Waals surface area contributed by atoms with Gasteiger partial charge >= 0.3 is 0 Å². The van der Waals surface area contributed by atoms with Crippen LogP contribution in [-0.2, 0) is 4.79 Å². The number of anilines is 1. The molecule has 0 unspecified atom stereocenters. The van der Waals surface area contributed by atoms with E-state index in [9.17, 15) is 4.79 Å². The van der Waals surface area contributed by atoms with E-state index in [0.717, 1.165) is 37.3 Å². The van der Waals surface area contributed by atoms with Gasteiger partial charge in [0.15, 0.2) is 0 Å². The van der Waals surface area contributed by atoms with Crippen LogP contribution in [0.5, 0.6) is 5.75 Å². The third-order valence-electron chi connectivity index (χ3n) is 4.48. The SMILES string of the molecule is CCOc1ccccc1NC(=O)CCN1CCC[C@H]1c1ccccn1. The summed E-state index contributed by atoms with van der Waals surface area (Å²) < 4.78 is 5.56. The summed E-state index contributed by atoms with van der Waals surface area (Å²) in [6, 6.07) is 13.9. The summed E-state index contributed by atoms with van der Waals surface area (Å²) in [4.78, 5) is 19.2.